The molecule has 10 heteroatoms. The molecule has 6 aliphatic heterocycles. The minimum absolute atomic E-state index is 0.00973. The van der Waals surface area contributed by atoms with Crippen LogP contribution in [0.3, 0.4) is 0 Å². The third-order valence-corrected chi connectivity index (χ3v) is 8.61. The largest absolute Gasteiger partial charge is 0.324 e. The van der Waals surface area contributed by atoms with Crippen LogP contribution >= 0.6 is 11.8 Å². The summed E-state index contributed by atoms with van der Waals surface area (Å²) < 4.78 is 26.8. The number of thioether (sulfide) groups is 1. The van der Waals surface area contributed by atoms with Crippen LogP contribution in [-0.4, -0.2) is 55.9 Å². The average molecular weight is 497 g/mol. The highest BCUT2D eigenvalue weighted by Gasteiger charge is 2.58. The number of rotatable bonds is 6. The van der Waals surface area contributed by atoms with Crippen LogP contribution in [-0.2, 0) is 25.5 Å². The van der Waals surface area contributed by atoms with E-state index in [0.29, 0.717) is 56.8 Å². The van der Waals surface area contributed by atoms with Gasteiger partial charge in [-0.3, -0.25) is 9.59 Å². The third kappa shape index (κ3) is 3.46. The van der Waals surface area contributed by atoms with E-state index in [2.05, 4.69) is 15.5 Å². The summed E-state index contributed by atoms with van der Waals surface area (Å²) >= 11 is 1.54. The predicted octanol–water partition coefficient (Wildman–Crippen LogP) is 2.77. The smallest absolute Gasteiger partial charge is 0.245 e. The first-order valence-corrected chi connectivity index (χ1v) is 13.0. The molecule has 6 aliphatic rings. The summed E-state index contributed by atoms with van der Waals surface area (Å²) in [7, 11) is 0. The summed E-state index contributed by atoms with van der Waals surface area (Å²) in [5.74, 6) is -0.428. The van der Waals surface area contributed by atoms with Crippen LogP contribution < -0.4 is 20.4 Å². The lowest BCUT2D eigenvalue weighted by molar-refractivity contribution is -0.405. The van der Waals surface area contributed by atoms with Crippen molar-refractivity contribution >= 4 is 40.6 Å². The number of benzene rings is 2. The average Bonchev–Trinajstić information content (AvgIpc) is 3.51. The Kier molecular flexibility index (Phi) is 4.89. The number of carbonyl (C=O) groups is 2. The molecule has 2 amide bonds. The Bertz CT molecular complexity index is 1250. The number of fused-ring (bicyclic) bond motifs is 2. The number of nitrogens with zero attached hydrogens (tertiary/aromatic N) is 2. The molecule has 6 heterocycles. The normalized spacial score (nSPS) is 28.0. The van der Waals surface area contributed by atoms with Crippen LogP contribution in [0.1, 0.15) is 29.9 Å². The predicted molar refractivity (Wildman–Crippen MR) is 129 cm³/mol. The number of carbonyl (C=O) groups excluding carboxylic acids is 2. The van der Waals surface area contributed by atoms with E-state index in [1.54, 1.807) is 4.90 Å². The van der Waals surface area contributed by atoms with Gasteiger partial charge in [-0.05, 0) is 36.2 Å². The first kappa shape index (κ1) is 21.6. The van der Waals surface area contributed by atoms with Gasteiger partial charge >= 0.3 is 0 Å². The molecule has 0 aromatic heterocycles. The lowest BCUT2D eigenvalue weighted by Gasteiger charge is -2.37. The molecule has 1 unspecified atom stereocenters. The molecule has 2 N–H and O–H groups in total. The molecule has 8 nitrogen and oxygen atoms in total. The van der Waals surface area contributed by atoms with Crippen LogP contribution in [0.2, 0.25) is 0 Å². The molecule has 35 heavy (non-hydrogen) atoms. The number of anilines is 3. The Morgan fingerprint density at radius 3 is 2.97 bits per heavy atom. The Hall–Kier alpha value is -2.66. The third-order valence-electron chi connectivity index (χ3n) is 7.54. The Morgan fingerprint density at radius 2 is 2.09 bits per heavy atom. The molecule has 0 aliphatic carbocycles. The number of ether oxygens (including phenoxy) is 2. The number of hydrogen-bond acceptors (Lipinski definition) is 7. The maximum atomic E-state index is 14.7. The molecule has 3 fully saturated rings. The topological polar surface area (TPSA) is 83.1 Å². The molecular weight excluding hydrogens is 471 g/mol. The number of nitrogens with one attached hydrogen (secondary N) is 2. The first-order valence-electron chi connectivity index (χ1n) is 12.0. The summed E-state index contributed by atoms with van der Waals surface area (Å²) in [5, 5.41) is 6.37. The van der Waals surface area contributed by atoms with Gasteiger partial charge in [0.15, 0.2) is 5.79 Å². The van der Waals surface area contributed by atoms with Gasteiger partial charge in [-0.25, -0.2) is 4.39 Å². The van der Waals surface area contributed by atoms with Crippen molar-refractivity contribution < 1.29 is 23.5 Å². The number of aryl methyl sites for hydroxylation is 1. The summed E-state index contributed by atoms with van der Waals surface area (Å²) in [4.78, 5) is 29.0. The number of halogens is 1. The summed E-state index contributed by atoms with van der Waals surface area (Å²) in [6.07, 6.45) is 1.41. The van der Waals surface area contributed by atoms with E-state index >= 15 is 0 Å². The van der Waals surface area contributed by atoms with E-state index in [4.69, 9.17) is 9.47 Å². The van der Waals surface area contributed by atoms with Gasteiger partial charge in [0.25, 0.3) is 0 Å². The molecule has 0 saturated carbocycles. The van der Waals surface area contributed by atoms with Gasteiger partial charge in [-0.1, -0.05) is 6.07 Å². The second-order valence-electron chi connectivity index (χ2n) is 9.72. The minimum atomic E-state index is -0.664. The molecule has 182 valence electrons. The van der Waals surface area contributed by atoms with Crippen molar-refractivity contribution in [2.45, 2.75) is 42.3 Å². The van der Waals surface area contributed by atoms with E-state index < -0.39 is 12.2 Å². The van der Waals surface area contributed by atoms with Crippen molar-refractivity contribution in [2.24, 2.45) is 0 Å². The number of amides is 2. The van der Waals surface area contributed by atoms with Crippen molar-refractivity contribution in [1.82, 2.24) is 5.32 Å². The van der Waals surface area contributed by atoms with Gasteiger partial charge < -0.3 is 29.9 Å². The summed E-state index contributed by atoms with van der Waals surface area (Å²) in [6.45, 7) is 2.36. The van der Waals surface area contributed by atoms with E-state index in [1.807, 2.05) is 24.3 Å². The monoisotopic (exact) mass is 496 g/mol. The maximum absolute atomic E-state index is 14.7. The van der Waals surface area contributed by atoms with Gasteiger partial charge in [0.2, 0.25) is 18.2 Å². The fraction of sp³-hybridized carbons (Fsp3) is 0.440. The Balaban J connectivity index is 0.972. The van der Waals surface area contributed by atoms with Crippen LogP contribution in [0.5, 0.6) is 0 Å². The van der Waals surface area contributed by atoms with Gasteiger partial charge in [-0.15, -0.1) is 11.8 Å². The van der Waals surface area contributed by atoms with Crippen LogP contribution in [0, 0.1) is 5.82 Å². The highest BCUT2D eigenvalue weighted by atomic mass is 32.2. The molecular formula is C25H25FN4O4S. The van der Waals surface area contributed by atoms with E-state index in [-0.39, 0.29) is 23.5 Å². The lowest BCUT2D eigenvalue weighted by Crippen LogP contribution is -2.49. The van der Waals surface area contributed by atoms with Gasteiger partial charge in [0.05, 0.1) is 23.7 Å². The van der Waals surface area contributed by atoms with E-state index in [0.717, 1.165) is 27.5 Å². The second-order valence-corrected chi connectivity index (χ2v) is 10.7. The fourth-order valence-electron chi connectivity index (χ4n) is 5.84. The van der Waals surface area contributed by atoms with Gasteiger partial charge in [-0.2, -0.15) is 0 Å². The second kappa shape index (κ2) is 7.92. The van der Waals surface area contributed by atoms with Crippen LogP contribution in [0.25, 0.3) is 0 Å². The maximum Gasteiger partial charge on any atom is 0.245 e. The molecule has 0 radical (unpaired) electrons. The van der Waals surface area contributed by atoms with Crippen molar-refractivity contribution in [3.8, 4) is 0 Å². The minimum Gasteiger partial charge on any atom is -0.324 e. The van der Waals surface area contributed by atoms with Crippen LogP contribution in [0.15, 0.2) is 35.2 Å². The number of hydrogen-bond donors (Lipinski definition) is 2. The lowest BCUT2D eigenvalue weighted by atomic mass is 9.95. The van der Waals surface area contributed by atoms with E-state index in [1.165, 1.54) is 17.8 Å². The summed E-state index contributed by atoms with van der Waals surface area (Å²) in [5.41, 5.74) is 4.31. The SMILES string of the molecule is O=C1CSc2ccc(N3CC4(CCNCC5CN6C(=O)CCc7ccc(F)c5c76)OC3O4)cc2N1. The zero-order valence-corrected chi connectivity index (χ0v) is 19.8. The quantitative estimate of drug-likeness (QED) is 0.595. The van der Waals surface area contributed by atoms with Crippen molar-refractivity contribution in [3.63, 3.8) is 0 Å². The highest BCUT2D eigenvalue weighted by Crippen LogP contribution is 2.47. The van der Waals surface area contributed by atoms with E-state index in [9.17, 15) is 14.0 Å². The molecule has 2 aromatic carbocycles. The molecule has 2 bridgehead atoms. The molecule has 3 saturated heterocycles. The molecule has 1 atom stereocenters. The standard InChI is InChI=1S/C25H25FN4O4S/c26-17-4-1-14-2-6-21(32)29-11-15(22(17)23(14)29)10-27-8-7-25-13-30(24(33-25)34-25)16-3-5-19-18(9-16)28-20(31)12-35-19/h1,3-5,9,15,24,27H,2,6-8,10-13H2,(H,28,31). The highest BCUT2D eigenvalue weighted by molar-refractivity contribution is 8.00. The van der Waals surface area contributed by atoms with Gasteiger partial charge in [0.1, 0.15) is 5.82 Å². The molecule has 0 spiro atoms. The Labute approximate surface area is 206 Å². The van der Waals surface area contributed by atoms with Gasteiger partial charge in [0, 0.05) is 54.5 Å². The zero-order valence-electron chi connectivity index (χ0n) is 19.0. The van der Waals surface area contributed by atoms with Crippen molar-refractivity contribution in [3.05, 3.63) is 47.3 Å². The zero-order chi connectivity index (χ0) is 23.7. The first-order chi connectivity index (χ1) is 17.0. The Morgan fingerprint density at radius 1 is 1.20 bits per heavy atom. The fourth-order valence-corrected chi connectivity index (χ4v) is 6.63. The molecule has 2 aromatic rings. The summed E-state index contributed by atoms with van der Waals surface area (Å²) in [6, 6.07) is 9.37. The molecule has 8 rings (SSSR count). The van der Waals surface area contributed by atoms with Crippen LogP contribution in [0.4, 0.5) is 21.5 Å². The van der Waals surface area contributed by atoms with Crippen molar-refractivity contribution in [2.75, 3.05) is 47.0 Å². The van der Waals surface area contributed by atoms with Crippen molar-refractivity contribution in [1.29, 1.82) is 0 Å².